The zero-order valence-electron chi connectivity index (χ0n) is 11.4. The molecule has 0 amide bonds. The first-order chi connectivity index (χ1) is 9.27. The maximum Gasteiger partial charge on any atom is 0.131 e. The van der Waals surface area contributed by atoms with Gasteiger partial charge in [-0.05, 0) is 30.5 Å². The van der Waals surface area contributed by atoms with E-state index in [1.165, 1.54) is 6.07 Å². The first kappa shape index (κ1) is 14.0. The Labute approximate surface area is 113 Å². The average Bonchev–Trinajstić information content (AvgIpc) is 2.45. The van der Waals surface area contributed by atoms with E-state index >= 15 is 0 Å². The molecule has 0 bridgehead atoms. The highest BCUT2D eigenvalue weighted by molar-refractivity contribution is 5.86. The summed E-state index contributed by atoms with van der Waals surface area (Å²) in [5.41, 5.74) is 1.09. The van der Waals surface area contributed by atoms with E-state index in [0.717, 1.165) is 17.5 Å². The molecule has 0 aromatic heterocycles. The molecule has 0 aliphatic rings. The molecule has 2 rings (SSSR count). The Balaban J connectivity index is 2.44. The van der Waals surface area contributed by atoms with Gasteiger partial charge in [0.1, 0.15) is 5.82 Å². The van der Waals surface area contributed by atoms with Crippen molar-refractivity contribution in [3.63, 3.8) is 0 Å². The van der Waals surface area contributed by atoms with E-state index in [0.29, 0.717) is 18.6 Å². The van der Waals surface area contributed by atoms with Crippen LogP contribution in [0.1, 0.15) is 25.5 Å². The molecule has 1 N–H and O–H groups in total. The van der Waals surface area contributed by atoms with Gasteiger partial charge in [-0.2, -0.15) is 0 Å². The molecule has 3 heteroatoms. The fraction of sp³-hybridized carbons (Fsp3) is 0.375. The van der Waals surface area contributed by atoms with Crippen molar-refractivity contribution in [3.05, 3.63) is 47.8 Å². The molecule has 0 heterocycles. The van der Waals surface area contributed by atoms with Gasteiger partial charge < -0.3 is 10.1 Å². The lowest BCUT2D eigenvalue weighted by molar-refractivity contribution is 0.124. The Morgan fingerprint density at radius 2 is 1.84 bits per heavy atom. The summed E-state index contributed by atoms with van der Waals surface area (Å²) in [6.45, 7) is 6.17. The molecule has 19 heavy (non-hydrogen) atoms. The van der Waals surface area contributed by atoms with Crippen LogP contribution in [0.5, 0.6) is 0 Å². The van der Waals surface area contributed by atoms with E-state index in [1.54, 1.807) is 0 Å². The van der Waals surface area contributed by atoms with Gasteiger partial charge in [0.25, 0.3) is 0 Å². The van der Waals surface area contributed by atoms with Crippen LogP contribution in [0.2, 0.25) is 0 Å². The standard InChI is InChI=1S/C16H20FNO/c1-3-18-16(11-19-4-2)14-9-10-15(17)13-8-6-5-7-12(13)14/h5-10,16,18H,3-4,11H2,1-2H3. The van der Waals surface area contributed by atoms with Crippen molar-refractivity contribution in [2.75, 3.05) is 19.8 Å². The molecule has 1 atom stereocenters. The number of rotatable bonds is 6. The van der Waals surface area contributed by atoms with Crippen molar-refractivity contribution in [2.45, 2.75) is 19.9 Å². The number of benzene rings is 2. The summed E-state index contributed by atoms with van der Waals surface area (Å²) in [5, 5.41) is 5.02. The monoisotopic (exact) mass is 261 g/mol. The van der Waals surface area contributed by atoms with Crippen molar-refractivity contribution in [2.24, 2.45) is 0 Å². The minimum Gasteiger partial charge on any atom is -0.380 e. The van der Waals surface area contributed by atoms with Gasteiger partial charge in [0.15, 0.2) is 0 Å². The van der Waals surface area contributed by atoms with Gasteiger partial charge in [-0.1, -0.05) is 37.3 Å². The number of ether oxygens (including phenoxy) is 1. The molecule has 2 nitrogen and oxygen atoms in total. The third-order valence-corrected chi connectivity index (χ3v) is 3.22. The van der Waals surface area contributed by atoms with Crippen LogP contribution >= 0.6 is 0 Å². The lowest BCUT2D eigenvalue weighted by Gasteiger charge is -2.20. The first-order valence-corrected chi connectivity index (χ1v) is 6.76. The average molecular weight is 261 g/mol. The minimum atomic E-state index is -0.175. The smallest absolute Gasteiger partial charge is 0.131 e. The Bertz CT molecular complexity index is 541. The third kappa shape index (κ3) is 3.11. The molecule has 2 aromatic carbocycles. The molecule has 0 saturated heterocycles. The van der Waals surface area contributed by atoms with Crippen LogP contribution in [-0.4, -0.2) is 19.8 Å². The molecule has 0 radical (unpaired) electrons. The Morgan fingerprint density at radius 1 is 1.11 bits per heavy atom. The molecule has 1 unspecified atom stereocenters. The van der Waals surface area contributed by atoms with Crippen molar-refractivity contribution in [3.8, 4) is 0 Å². The number of nitrogens with one attached hydrogen (secondary N) is 1. The molecule has 0 aliphatic carbocycles. The third-order valence-electron chi connectivity index (χ3n) is 3.22. The van der Waals surface area contributed by atoms with Crippen LogP contribution in [0.25, 0.3) is 10.8 Å². The quantitative estimate of drug-likeness (QED) is 0.856. The van der Waals surface area contributed by atoms with E-state index in [9.17, 15) is 4.39 Å². The fourth-order valence-electron chi connectivity index (χ4n) is 2.33. The largest absolute Gasteiger partial charge is 0.380 e. The summed E-state index contributed by atoms with van der Waals surface area (Å²) in [6.07, 6.45) is 0. The van der Waals surface area contributed by atoms with Crippen molar-refractivity contribution in [1.29, 1.82) is 0 Å². The number of likely N-dealkylation sites (N-methyl/N-ethyl adjacent to an activating group) is 1. The summed E-state index contributed by atoms with van der Waals surface area (Å²) in [5.74, 6) is -0.175. The SMILES string of the molecule is CCNC(COCC)c1ccc(F)c2ccccc12. The lowest BCUT2D eigenvalue weighted by Crippen LogP contribution is -2.25. The van der Waals surface area contributed by atoms with Crippen LogP contribution in [0, 0.1) is 5.82 Å². The maximum absolute atomic E-state index is 13.8. The fourth-order valence-corrected chi connectivity index (χ4v) is 2.33. The van der Waals surface area contributed by atoms with Crippen molar-refractivity contribution in [1.82, 2.24) is 5.32 Å². The summed E-state index contributed by atoms with van der Waals surface area (Å²) >= 11 is 0. The zero-order chi connectivity index (χ0) is 13.7. The van der Waals surface area contributed by atoms with Gasteiger partial charge in [0.2, 0.25) is 0 Å². The zero-order valence-corrected chi connectivity index (χ0v) is 11.4. The second kappa shape index (κ2) is 6.64. The topological polar surface area (TPSA) is 21.3 Å². The van der Waals surface area contributed by atoms with Crippen LogP contribution in [0.3, 0.4) is 0 Å². The molecule has 0 fully saturated rings. The van der Waals surface area contributed by atoms with Gasteiger partial charge in [0.05, 0.1) is 12.6 Å². The van der Waals surface area contributed by atoms with Gasteiger partial charge in [-0.15, -0.1) is 0 Å². The molecule has 0 spiro atoms. The van der Waals surface area contributed by atoms with Crippen LogP contribution in [0.15, 0.2) is 36.4 Å². The minimum absolute atomic E-state index is 0.0930. The van der Waals surface area contributed by atoms with E-state index in [1.807, 2.05) is 37.3 Å². The Hall–Kier alpha value is -1.45. The maximum atomic E-state index is 13.8. The molecule has 2 aromatic rings. The molecular weight excluding hydrogens is 241 g/mol. The Kier molecular flexibility index (Phi) is 4.88. The van der Waals surface area contributed by atoms with Gasteiger partial charge in [0, 0.05) is 12.0 Å². The van der Waals surface area contributed by atoms with E-state index in [-0.39, 0.29) is 11.9 Å². The molecule has 0 saturated carbocycles. The van der Waals surface area contributed by atoms with E-state index in [4.69, 9.17) is 4.74 Å². The Morgan fingerprint density at radius 3 is 2.53 bits per heavy atom. The number of fused-ring (bicyclic) bond motifs is 1. The normalized spacial score (nSPS) is 12.8. The first-order valence-electron chi connectivity index (χ1n) is 6.76. The number of hydrogen-bond donors (Lipinski definition) is 1. The number of halogens is 1. The van der Waals surface area contributed by atoms with E-state index in [2.05, 4.69) is 12.2 Å². The van der Waals surface area contributed by atoms with Gasteiger partial charge in [-0.3, -0.25) is 0 Å². The molecule has 102 valence electrons. The molecular formula is C16H20FNO. The van der Waals surface area contributed by atoms with Crippen molar-refractivity contribution < 1.29 is 9.13 Å². The second-order valence-corrected chi connectivity index (χ2v) is 4.45. The van der Waals surface area contributed by atoms with Crippen LogP contribution in [-0.2, 0) is 4.74 Å². The summed E-state index contributed by atoms with van der Waals surface area (Å²) in [4.78, 5) is 0. The highest BCUT2D eigenvalue weighted by Crippen LogP contribution is 2.26. The predicted molar refractivity (Wildman–Crippen MR) is 76.8 cm³/mol. The molecule has 0 aliphatic heterocycles. The van der Waals surface area contributed by atoms with E-state index < -0.39 is 0 Å². The summed E-state index contributed by atoms with van der Waals surface area (Å²) in [6, 6.07) is 11.1. The second-order valence-electron chi connectivity index (χ2n) is 4.45. The van der Waals surface area contributed by atoms with Crippen molar-refractivity contribution >= 4 is 10.8 Å². The summed E-state index contributed by atoms with van der Waals surface area (Å²) in [7, 11) is 0. The number of hydrogen-bond acceptors (Lipinski definition) is 2. The highest BCUT2D eigenvalue weighted by atomic mass is 19.1. The lowest BCUT2D eigenvalue weighted by atomic mass is 9.98. The van der Waals surface area contributed by atoms with Crippen LogP contribution in [0.4, 0.5) is 4.39 Å². The van der Waals surface area contributed by atoms with Gasteiger partial charge >= 0.3 is 0 Å². The summed E-state index contributed by atoms with van der Waals surface area (Å²) < 4.78 is 19.3. The van der Waals surface area contributed by atoms with Gasteiger partial charge in [-0.25, -0.2) is 4.39 Å². The highest BCUT2D eigenvalue weighted by Gasteiger charge is 2.14. The van der Waals surface area contributed by atoms with Crippen LogP contribution < -0.4 is 5.32 Å². The predicted octanol–water partition coefficient (Wildman–Crippen LogP) is 3.67.